The molecule has 0 atom stereocenters. The first-order valence-corrected chi connectivity index (χ1v) is 8.67. The molecule has 0 spiro atoms. The fraction of sp³-hybridized carbons (Fsp3) is 0.222. The minimum absolute atomic E-state index is 0.444. The molecule has 2 N–H and O–H groups in total. The lowest BCUT2D eigenvalue weighted by Crippen LogP contribution is -2.03. The van der Waals surface area contributed by atoms with Gasteiger partial charge in [-0.05, 0) is 54.5 Å². The predicted molar refractivity (Wildman–Crippen MR) is 99.4 cm³/mol. The quantitative estimate of drug-likeness (QED) is 0.365. The van der Waals surface area contributed by atoms with Gasteiger partial charge in [0.2, 0.25) is 0 Å². The number of aryl methyl sites for hydroxylation is 1. The Bertz CT molecular complexity index is 639. The zero-order valence-corrected chi connectivity index (χ0v) is 14.0. The minimum atomic E-state index is 0.444. The van der Waals surface area contributed by atoms with Crippen LogP contribution in [0.3, 0.4) is 0 Å². The number of rotatable bonds is 7. The summed E-state index contributed by atoms with van der Waals surface area (Å²) < 4.78 is 5.75. The van der Waals surface area contributed by atoms with Gasteiger partial charge in [0.25, 0.3) is 0 Å². The van der Waals surface area contributed by atoms with Crippen molar-refractivity contribution in [3.05, 3.63) is 65.7 Å². The fourth-order valence-corrected chi connectivity index (χ4v) is 2.08. The van der Waals surface area contributed by atoms with E-state index in [9.17, 15) is 0 Å². The molecule has 5 heteroatoms. The fourth-order valence-electron chi connectivity index (χ4n) is 1.95. The van der Waals surface area contributed by atoms with Gasteiger partial charge in [0.15, 0.2) is 5.17 Å². The molecule has 0 aliphatic rings. The summed E-state index contributed by atoms with van der Waals surface area (Å²) in [6.07, 6.45) is 5.55. The van der Waals surface area contributed by atoms with E-state index >= 15 is 0 Å². The van der Waals surface area contributed by atoms with Crippen molar-refractivity contribution < 1.29 is 4.74 Å². The maximum atomic E-state index is 5.75. The topological polar surface area (TPSA) is 60.0 Å². The lowest BCUT2D eigenvalue weighted by molar-refractivity contribution is 0.311. The van der Waals surface area contributed by atoms with Crippen LogP contribution in [0.5, 0.6) is 5.75 Å². The first-order valence-electron chi connectivity index (χ1n) is 7.45. The molecule has 2 rings (SSSR count). The van der Waals surface area contributed by atoms with Gasteiger partial charge in [-0.3, -0.25) is 0 Å². The third kappa shape index (κ3) is 6.57. The van der Waals surface area contributed by atoms with E-state index in [1.807, 2.05) is 36.6 Å². The highest BCUT2D eigenvalue weighted by atomic mass is 32.2. The number of nitrogens with zero attached hydrogens (tertiary/aromatic N) is 2. The van der Waals surface area contributed by atoms with Gasteiger partial charge in [-0.15, -0.1) is 5.10 Å². The zero-order valence-electron chi connectivity index (χ0n) is 13.2. The van der Waals surface area contributed by atoms with Gasteiger partial charge < -0.3 is 10.5 Å². The summed E-state index contributed by atoms with van der Waals surface area (Å²) in [6.45, 7) is 0.705. The number of hydrogen-bond donors (Lipinski definition) is 1. The van der Waals surface area contributed by atoms with E-state index in [4.69, 9.17) is 10.5 Å². The van der Waals surface area contributed by atoms with Crippen molar-refractivity contribution in [2.24, 2.45) is 15.9 Å². The summed E-state index contributed by atoms with van der Waals surface area (Å²) in [5.74, 6) is 0.863. The Kier molecular flexibility index (Phi) is 7.20. The summed E-state index contributed by atoms with van der Waals surface area (Å²) >= 11 is 1.37. The molecular weight excluding hydrogens is 306 g/mol. The second kappa shape index (κ2) is 9.69. The molecule has 4 nitrogen and oxygen atoms in total. The lowest BCUT2D eigenvalue weighted by atomic mass is 10.1. The molecule has 0 unspecified atom stereocenters. The van der Waals surface area contributed by atoms with Gasteiger partial charge >= 0.3 is 0 Å². The highest BCUT2D eigenvalue weighted by Gasteiger charge is 1.96. The number of amidine groups is 1. The Labute approximate surface area is 141 Å². The average Bonchev–Trinajstić information content (AvgIpc) is 2.60. The minimum Gasteiger partial charge on any atom is -0.494 e. The molecule has 0 bridgehead atoms. The summed E-state index contributed by atoms with van der Waals surface area (Å²) in [6, 6.07) is 18.2. The van der Waals surface area contributed by atoms with E-state index in [-0.39, 0.29) is 0 Å². The molecule has 0 amide bonds. The molecule has 0 aliphatic heterocycles. The van der Waals surface area contributed by atoms with Crippen LogP contribution in [0.15, 0.2) is 64.8 Å². The molecule has 0 heterocycles. The molecule has 2 aromatic rings. The molecule has 0 fully saturated rings. The molecule has 23 heavy (non-hydrogen) atoms. The third-order valence-corrected chi connectivity index (χ3v) is 3.67. The van der Waals surface area contributed by atoms with Crippen LogP contribution >= 0.6 is 11.8 Å². The maximum Gasteiger partial charge on any atom is 0.180 e. The van der Waals surface area contributed by atoms with E-state index in [0.29, 0.717) is 11.8 Å². The molecule has 0 saturated heterocycles. The molecule has 0 aromatic heterocycles. The standard InChI is InChI=1S/C18H21N3OS/c1-23-18(19)21-20-14-16-9-11-17(12-10-16)22-13-5-8-15-6-3-2-4-7-15/h2-4,6-7,9-12,14H,5,8,13H2,1H3,(H2,19,21)/b20-14-. The van der Waals surface area contributed by atoms with E-state index in [0.717, 1.165) is 24.2 Å². The van der Waals surface area contributed by atoms with Gasteiger partial charge in [0.05, 0.1) is 12.8 Å². The molecule has 0 aliphatic carbocycles. The van der Waals surface area contributed by atoms with Crippen LogP contribution in [0, 0.1) is 0 Å². The second-order valence-electron chi connectivity index (χ2n) is 4.89. The van der Waals surface area contributed by atoms with Crippen LogP contribution in [0.4, 0.5) is 0 Å². The maximum absolute atomic E-state index is 5.75. The Morgan fingerprint density at radius 3 is 2.57 bits per heavy atom. The van der Waals surface area contributed by atoms with Crippen LogP contribution in [0.2, 0.25) is 0 Å². The average molecular weight is 327 g/mol. The molecule has 0 saturated carbocycles. The third-order valence-electron chi connectivity index (χ3n) is 3.17. The first-order chi connectivity index (χ1) is 11.3. The number of thioether (sulfide) groups is 1. The van der Waals surface area contributed by atoms with E-state index in [1.165, 1.54) is 17.3 Å². The van der Waals surface area contributed by atoms with Crippen LogP contribution in [-0.4, -0.2) is 24.2 Å². The van der Waals surface area contributed by atoms with Crippen molar-refractivity contribution >= 4 is 23.1 Å². The molecule has 0 radical (unpaired) electrons. The number of ether oxygens (including phenoxy) is 1. The Balaban J connectivity index is 1.74. The van der Waals surface area contributed by atoms with E-state index in [1.54, 1.807) is 6.21 Å². The summed E-state index contributed by atoms with van der Waals surface area (Å²) in [5.41, 5.74) is 7.85. The van der Waals surface area contributed by atoms with Crippen LogP contribution < -0.4 is 10.5 Å². The summed E-state index contributed by atoms with van der Waals surface area (Å²) in [7, 11) is 0. The lowest BCUT2D eigenvalue weighted by Gasteiger charge is -2.06. The van der Waals surface area contributed by atoms with Crippen molar-refractivity contribution in [3.63, 3.8) is 0 Å². The molecule has 120 valence electrons. The first kappa shape index (κ1) is 17.1. The van der Waals surface area contributed by atoms with E-state index < -0.39 is 0 Å². The monoisotopic (exact) mass is 327 g/mol. The van der Waals surface area contributed by atoms with Gasteiger partial charge in [0.1, 0.15) is 5.75 Å². The number of hydrogen-bond acceptors (Lipinski definition) is 4. The van der Waals surface area contributed by atoms with Gasteiger partial charge in [-0.1, -0.05) is 42.1 Å². The highest BCUT2D eigenvalue weighted by molar-refractivity contribution is 8.13. The number of benzene rings is 2. The molecule has 2 aromatic carbocycles. The van der Waals surface area contributed by atoms with Crippen molar-refractivity contribution in [1.29, 1.82) is 0 Å². The van der Waals surface area contributed by atoms with Gasteiger partial charge in [-0.25, -0.2) is 0 Å². The van der Waals surface area contributed by atoms with Crippen molar-refractivity contribution in [2.75, 3.05) is 12.9 Å². The SMILES string of the molecule is CS/C(N)=N/N=C\c1ccc(OCCCc2ccccc2)cc1. The van der Waals surface area contributed by atoms with Crippen molar-refractivity contribution in [2.45, 2.75) is 12.8 Å². The summed E-state index contributed by atoms with van der Waals surface area (Å²) in [4.78, 5) is 0. The van der Waals surface area contributed by atoms with Crippen molar-refractivity contribution in [1.82, 2.24) is 0 Å². The Hall–Kier alpha value is -2.27. The summed E-state index contributed by atoms with van der Waals surface area (Å²) in [5, 5.41) is 8.22. The van der Waals surface area contributed by atoms with Gasteiger partial charge in [0, 0.05) is 0 Å². The Morgan fingerprint density at radius 1 is 1.13 bits per heavy atom. The smallest absolute Gasteiger partial charge is 0.180 e. The van der Waals surface area contributed by atoms with Gasteiger partial charge in [-0.2, -0.15) is 5.10 Å². The predicted octanol–water partition coefficient (Wildman–Crippen LogP) is 3.71. The van der Waals surface area contributed by atoms with Crippen LogP contribution in [-0.2, 0) is 6.42 Å². The highest BCUT2D eigenvalue weighted by Crippen LogP contribution is 2.12. The van der Waals surface area contributed by atoms with Crippen molar-refractivity contribution in [3.8, 4) is 5.75 Å². The molecular formula is C18H21N3OS. The zero-order chi connectivity index (χ0) is 16.3. The second-order valence-corrected chi connectivity index (χ2v) is 5.72. The van der Waals surface area contributed by atoms with Crippen LogP contribution in [0.25, 0.3) is 0 Å². The van der Waals surface area contributed by atoms with E-state index in [2.05, 4.69) is 34.5 Å². The largest absolute Gasteiger partial charge is 0.494 e. The number of nitrogens with two attached hydrogens (primary N) is 1. The van der Waals surface area contributed by atoms with Crippen LogP contribution in [0.1, 0.15) is 17.5 Å². The Morgan fingerprint density at radius 2 is 1.87 bits per heavy atom. The normalized spacial score (nSPS) is 11.8.